The minimum Gasteiger partial charge on any atom is -0.405 e. The number of benzene rings is 1. The van der Waals surface area contributed by atoms with E-state index in [1.54, 1.807) is 19.9 Å². The van der Waals surface area contributed by atoms with Gasteiger partial charge in [-0.1, -0.05) is 35.8 Å². The Bertz CT molecular complexity index is 391. The van der Waals surface area contributed by atoms with Gasteiger partial charge >= 0.3 is 6.36 Å². The first-order valence-electron chi connectivity index (χ1n) is 4.94. The van der Waals surface area contributed by atoms with E-state index in [-0.39, 0.29) is 17.2 Å². The second-order valence-electron chi connectivity index (χ2n) is 3.92. The molecule has 0 heterocycles. The monoisotopic (exact) mass is 312 g/mol. The van der Waals surface area contributed by atoms with E-state index in [0.717, 1.165) is 0 Å². The summed E-state index contributed by atoms with van der Waals surface area (Å²) in [5.74, 6) is -0.583. The number of halogens is 4. The van der Waals surface area contributed by atoms with E-state index >= 15 is 0 Å². The molecule has 2 nitrogen and oxygen atoms in total. The zero-order chi connectivity index (χ0) is 13.2. The van der Waals surface area contributed by atoms with Crippen molar-refractivity contribution < 1.29 is 23.0 Å². The molecule has 1 atom stereocenters. The highest BCUT2D eigenvalue weighted by molar-refractivity contribution is 9.10. The highest BCUT2D eigenvalue weighted by Gasteiger charge is 2.33. The Balaban J connectivity index is 3.12. The van der Waals surface area contributed by atoms with Crippen LogP contribution < -0.4 is 4.74 Å². The maximum Gasteiger partial charge on any atom is 0.573 e. The van der Waals surface area contributed by atoms with Crippen molar-refractivity contribution in [3.8, 4) is 5.75 Å². The molecule has 96 valence electrons. The first-order chi connectivity index (χ1) is 7.70. The van der Waals surface area contributed by atoms with Crippen LogP contribution in [0.4, 0.5) is 13.2 Å². The van der Waals surface area contributed by atoms with Crippen LogP contribution in [0, 0.1) is 5.92 Å². The third-order valence-electron chi connectivity index (χ3n) is 2.15. The molecule has 1 aromatic carbocycles. The number of ether oxygens (including phenoxy) is 1. The van der Waals surface area contributed by atoms with Gasteiger partial charge in [0.25, 0.3) is 0 Å². The molecule has 0 aliphatic heterocycles. The quantitative estimate of drug-likeness (QED) is 0.913. The third-order valence-corrected chi connectivity index (χ3v) is 2.64. The molecular weight excluding hydrogens is 301 g/mol. The van der Waals surface area contributed by atoms with Crippen LogP contribution in [0.1, 0.15) is 25.5 Å². The van der Waals surface area contributed by atoms with Crippen molar-refractivity contribution in [2.75, 3.05) is 0 Å². The molecule has 0 spiro atoms. The van der Waals surface area contributed by atoms with Gasteiger partial charge < -0.3 is 9.84 Å². The zero-order valence-electron chi connectivity index (χ0n) is 9.25. The largest absolute Gasteiger partial charge is 0.573 e. The second kappa shape index (κ2) is 5.27. The molecule has 1 rings (SSSR count). The molecule has 0 radical (unpaired) electrons. The molecular formula is C11H12BrF3O2. The van der Waals surface area contributed by atoms with Gasteiger partial charge in [0.05, 0.1) is 6.10 Å². The molecule has 1 N–H and O–H groups in total. The Morgan fingerprint density at radius 3 is 2.35 bits per heavy atom. The van der Waals surface area contributed by atoms with Crippen LogP contribution in [0.25, 0.3) is 0 Å². The summed E-state index contributed by atoms with van der Waals surface area (Å²) in [6.07, 6.45) is -5.77. The van der Waals surface area contributed by atoms with Crippen molar-refractivity contribution in [1.82, 2.24) is 0 Å². The fraction of sp³-hybridized carbons (Fsp3) is 0.455. The molecule has 0 saturated heterocycles. The summed E-state index contributed by atoms with van der Waals surface area (Å²) in [4.78, 5) is 0. The first kappa shape index (κ1) is 14.3. The highest BCUT2D eigenvalue weighted by Crippen LogP contribution is 2.35. The van der Waals surface area contributed by atoms with Crippen LogP contribution in [0.5, 0.6) is 5.75 Å². The number of hydrogen-bond donors (Lipinski definition) is 1. The number of hydrogen-bond acceptors (Lipinski definition) is 2. The average Bonchev–Trinajstić information content (AvgIpc) is 2.14. The van der Waals surface area contributed by atoms with E-state index in [9.17, 15) is 18.3 Å². The highest BCUT2D eigenvalue weighted by atomic mass is 79.9. The number of rotatable bonds is 3. The van der Waals surface area contributed by atoms with Crippen LogP contribution in [-0.2, 0) is 0 Å². The normalized spacial score (nSPS) is 13.9. The molecule has 0 amide bonds. The minimum atomic E-state index is -4.77. The van der Waals surface area contributed by atoms with E-state index in [1.807, 2.05) is 0 Å². The van der Waals surface area contributed by atoms with Crippen molar-refractivity contribution >= 4 is 15.9 Å². The Morgan fingerprint density at radius 1 is 1.29 bits per heavy atom. The lowest BCUT2D eigenvalue weighted by molar-refractivity contribution is -0.275. The Morgan fingerprint density at radius 2 is 1.88 bits per heavy atom. The molecule has 1 unspecified atom stereocenters. The van der Waals surface area contributed by atoms with Crippen molar-refractivity contribution in [3.05, 3.63) is 28.2 Å². The van der Waals surface area contributed by atoms with Crippen molar-refractivity contribution in [2.45, 2.75) is 26.3 Å². The number of aliphatic hydroxyl groups is 1. The summed E-state index contributed by atoms with van der Waals surface area (Å²) in [6.45, 7) is 3.42. The van der Waals surface area contributed by atoms with Gasteiger partial charge in [-0.2, -0.15) is 0 Å². The summed E-state index contributed by atoms with van der Waals surface area (Å²) >= 11 is 3.06. The van der Waals surface area contributed by atoms with E-state index in [4.69, 9.17) is 0 Å². The van der Waals surface area contributed by atoms with Crippen molar-refractivity contribution in [1.29, 1.82) is 0 Å². The van der Waals surface area contributed by atoms with Gasteiger partial charge in [0.1, 0.15) is 5.75 Å². The Kier molecular flexibility index (Phi) is 4.43. The molecule has 0 fully saturated rings. The summed E-state index contributed by atoms with van der Waals surface area (Å²) < 4.78 is 40.9. The minimum absolute atomic E-state index is 0.125. The summed E-state index contributed by atoms with van der Waals surface area (Å²) in [7, 11) is 0. The van der Waals surface area contributed by atoms with Gasteiger partial charge in [-0.05, 0) is 18.1 Å². The van der Waals surface area contributed by atoms with Gasteiger partial charge in [-0.3, -0.25) is 0 Å². The van der Waals surface area contributed by atoms with Gasteiger partial charge in [0.2, 0.25) is 0 Å². The molecule has 0 aromatic heterocycles. The van der Waals surface area contributed by atoms with Crippen LogP contribution in [0.2, 0.25) is 0 Å². The zero-order valence-corrected chi connectivity index (χ0v) is 10.8. The fourth-order valence-corrected chi connectivity index (χ4v) is 1.66. The predicted octanol–water partition coefficient (Wildman–Crippen LogP) is 4.04. The summed E-state index contributed by atoms with van der Waals surface area (Å²) in [5, 5.41) is 9.80. The topological polar surface area (TPSA) is 29.5 Å². The van der Waals surface area contributed by atoms with Crippen LogP contribution in [0.3, 0.4) is 0 Å². The average molecular weight is 313 g/mol. The van der Waals surface area contributed by atoms with Crippen LogP contribution in [-0.4, -0.2) is 11.5 Å². The number of alkyl halides is 3. The van der Waals surface area contributed by atoms with Crippen LogP contribution in [0.15, 0.2) is 22.7 Å². The Hall–Kier alpha value is -0.750. The fourth-order valence-electron chi connectivity index (χ4n) is 1.32. The van der Waals surface area contributed by atoms with E-state index < -0.39 is 12.5 Å². The summed E-state index contributed by atoms with van der Waals surface area (Å²) in [5.41, 5.74) is 0.125. The molecule has 0 aliphatic carbocycles. The molecule has 6 heteroatoms. The SMILES string of the molecule is CC(C)C(O)c1ccc(Br)cc1OC(F)(F)F. The number of aliphatic hydroxyl groups excluding tert-OH is 1. The van der Waals surface area contributed by atoms with Gasteiger partial charge in [-0.15, -0.1) is 13.2 Å². The van der Waals surface area contributed by atoms with Crippen molar-refractivity contribution in [3.63, 3.8) is 0 Å². The molecule has 1 aromatic rings. The molecule has 0 aliphatic rings. The van der Waals surface area contributed by atoms with Gasteiger partial charge in [-0.25, -0.2) is 0 Å². The molecule has 0 bridgehead atoms. The lowest BCUT2D eigenvalue weighted by Crippen LogP contribution is -2.19. The Labute approximate surface area is 106 Å². The smallest absolute Gasteiger partial charge is 0.405 e. The molecule has 0 saturated carbocycles. The van der Waals surface area contributed by atoms with E-state index in [0.29, 0.717) is 4.47 Å². The van der Waals surface area contributed by atoms with Gasteiger partial charge in [0, 0.05) is 10.0 Å². The van der Waals surface area contributed by atoms with Crippen molar-refractivity contribution in [2.24, 2.45) is 5.92 Å². The standard InChI is InChI=1S/C11H12BrF3O2/c1-6(2)10(16)8-4-3-7(12)5-9(8)17-11(13,14)15/h3-6,10,16H,1-2H3. The van der Waals surface area contributed by atoms with E-state index in [1.165, 1.54) is 12.1 Å². The molecule has 17 heavy (non-hydrogen) atoms. The maximum atomic E-state index is 12.2. The lowest BCUT2D eigenvalue weighted by Gasteiger charge is -2.19. The third kappa shape index (κ3) is 4.20. The first-order valence-corrected chi connectivity index (χ1v) is 5.73. The van der Waals surface area contributed by atoms with Crippen LogP contribution >= 0.6 is 15.9 Å². The summed E-state index contributed by atoms with van der Waals surface area (Å²) in [6, 6.07) is 4.16. The van der Waals surface area contributed by atoms with Gasteiger partial charge in [0.15, 0.2) is 0 Å². The lowest BCUT2D eigenvalue weighted by atomic mass is 9.98. The maximum absolute atomic E-state index is 12.2. The predicted molar refractivity (Wildman–Crippen MR) is 60.6 cm³/mol. The second-order valence-corrected chi connectivity index (χ2v) is 4.83. The van der Waals surface area contributed by atoms with E-state index in [2.05, 4.69) is 20.7 Å².